The van der Waals surface area contributed by atoms with Gasteiger partial charge in [-0.15, -0.1) is 0 Å². The molecule has 1 aromatic carbocycles. The molecule has 2 heterocycles. The Kier molecular flexibility index (Phi) is 3.62. The van der Waals surface area contributed by atoms with Crippen molar-refractivity contribution in [3.63, 3.8) is 0 Å². The van der Waals surface area contributed by atoms with Crippen LogP contribution < -0.4 is 5.73 Å². The lowest BCUT2D eigenvalue weighted by Crippen LogP contribution is -2.08. The first kappa shape index (κ1) is 13.4. The van der Waals surface area contributed by atoms with Crippen LogP contribution in [-0.4, -0.2) is 16.1 Å². The van der Waals surface area contributed by atoms with Gasteiger partial charge in [0, 0.05) is 24.2 Å². The van der Waals surface area contributed by atoms with Crippen molar-refractivity contribution in [2.45, 2.75) is 45.6 Å². The van der Waals surface area contributed by atoms with Crippen LogP contribution in [0.5, 0.6) is 0 Å². The third-order valence-corrected chi connectivity index (χ3v) is 4.17. The van der Waals surface area contributed by atoms with Gasteiger partial charge in [-0.2, -0.15) is 0 Å². The highest BCUT2D eigenvalue weighted by atomic mass is 15.1. The largest absolute Gasteiger partial charge is 0.331 e. The first-order valence-corrected chi connectivity index (χ1v) is 7.59. The summed E-state index contributed by atoms with van der Waals surface area (Å²) in [5, 5.41) is 0. The van der Waals surface area contributed by atoms with Gasteiger partial charge in [0.05, 0.1) is 5.69 Å². The Morgan fingerprint density at radius 2 is 2.00 bits per heavy atom. The molecule has 1 aliphatic rings. The normalized spacial score (nSPS) is 14.0. The molecular formula is C17H23N3. The van der Waals surface area contributed by atoms with Crippen LogP contribution in [0.3, 0.4) is 0 Å². The SMILES string of the molecule is CC(C)c1ccc(-c2nc(CCN)n3c2CCC3)cc1. The molecule has 0 saturated carbocycles. The number of nitrogens with zero attached hydrogens (tertiary/aromatic N) is 2. The minimum Gasteiger partial charge on any atom is -0.331 e. The van der Waals surface area contributed by atoms with Gasteiger partial charge in [-0.1, -0.05) is 38.1 Å². The van der Waals surface area contributed by atoms with Crippen molar-refractivity contribution >= 4 is 0 Å². The lowest BCUT2D eigenvalue weighted by Gasteiger charge is -2.06. The summed E-state index contributed by atoms with van der Waals surface area (Å²) >= 11 is 0. The molecule has 0 radical (unpaired) electrons. The van der Waals surface area contributed by atoms with Crippen LogP contribution in [0.1, 0.15) is 43.3 Å². The summed E-state index contributed by atoms with van der Waals surface area (Å²) in [6.45, 7) is 6.22. The van der Waals surface area contributed by atoms with Gasteiger partial charge in [-0.05, 0) is 30.9 Å². The minimum atomic E-state index is 0.574. The van der Waals surface area contributed by atoms with Crippen LogP contribution in [0.25, 0.3) is 11.3 Å². The molecule has 0 unspecified atom stereocenters. The van der Waals surface area contributed by atoms with Crippen LogP contribution in [0.2, 0.25) is 0 Å². The molecule has 2 N–H and O–H groups in total. The van der Waals surface area contributed by atoms with E-state index in [1.165, 1.54) is 28.9 Å². The standard InChI is InChI=1S/C17H23N3/c1-12(2)13-5-7-14(8-6-13)17-15-4-3-11-20(15)16(19-17)9-10-18/h5-8,12H,3-4,9-11,18H2,1-2H3. The highest BCUT2D eigenvalue weighted by Crippen LogP contribution is 2.30. The number of fused-ring (bicyclic) bond motifs is 1. The van der Waals surface area contributed by atoms with Gasteiger partial charge in [0.15, 0.2) is 0 Å². The number of hydrogen-bond donors (Lipinski definition) is 1. The van der Waals surface area contributed by atoms with Gasteiger partial charge in [-0.3, -0.25) is 0 Å². The molecule has 0 saturated heterocycles. The van der Waals surface area contributed by atoms with Gasteiger partial charge in [0.2, 0.25) is 0 Å². The molecule has 0 aliphatic carbocycles. The molecule has 2 aromatic rings. The second-order valence-electron chi connectivity index (χ2n) is 5.89. The second-order valence-corrected chi connectivity index (χ2v) is 5.89. The minimum absolute atomic E-state index is 0.574. The maximum atomic E-state index is 5.70. The fraction of sp³-hybridized carbons (Fsp3) is 0.471. The average Bonchev–Trinajstić information content (AvgIpc) is 3.03. The lowest BCUT2D eigenvalue weighted by molar-refractivity contribution is 0.685. The van der Waals surface area contributed by atoms with E-state index in [9.17, 15) is 0 Å². The zero-order valence-corrected chi connectivity index (χ0v) is 12.4. The van der Waals surface area contributed by atoms with Crippen LogP contribution in [0.15, 0.2) is 24.3 Å². The molecule has 0 fully saturated rings. The molecule has 0 bridgehead atoms. The summed E-state index contributed by atoms with van der Waals surface area (Å²) in [5.41, 5.74) is 10.9. The van der Waals surface area contributed by atoms with Gasteiger partial charge in [0.25, 0.3) is 0 Å². The van der Waals surface area contributed by atoms with Crippen LogP contribution in [0, 0.1) is 0 Å². The summed E-state index contributed by atoms with van der Waals surface area (Å²) in [7, 11) is 0. The molecule has 0 spiro atoms. The molecule has 3 heteroatoms. The van der Waals surface area contributed by atoms with Gasteiger partial charge >= 0.3 is 0 Å². The van der Waals surface area contributed by atoms with Crippen LogP contribution >= 0.6 is 0 Å². The van der Waals surface area contributed by atoms with Crippen molar-refractivity contribution in [1.82, 2.24) is 9.55 Å². The zero-order valence-electron chi connectivity index (χ0n) is 12.4. The molecular weight excluding hydrogens is 246 g/mol. The zero-order chi connectivity index (χ0) is 14.1. The lowest BCUT2D eigenvalue weighted by atomic mass is 10.00. The number of imidazole rings is 1. The first-order chi connectivity index (χ1) is 9.70. The van der Waals surface area contributed by atoms with E-state index < -0.39 is 0 Å². The van der Waals surface area contributed by atoms with Gasteiger partial charge < -0.3 is 10.3 Å². The summed E-state index contributed by atoms with van der Waals surface area (Å²) in [5.74, 6) is 1.73. The maximum Gasteiger partial charge on any atom is 0.110 e. The molecule has 1 aromatic heterocycles. The van der Waals surface area contributed by atoms with E-state index in [4.69, 9.17) is 10.7 Å². The van der Waals surface area contributed by atoms with Gasteiger partial charge in [-0.25, -0.2) is 4.98 Å². The first-order valence-electron chi connectivity index (χ1n) is 7.59. The molecule has 20 heavy (non-hydrogen) atoms. The van der Waals surface area contributed by atoms with E-state index in [0.29, 0.717) is 12.5 Å². The van der Waals surface area contributed by atoms with Crippen LogP contribution in [0.4, 0.5) is 0 Å². The third-order valence-electron chi connectivity index (χ3n) is 4.17. The Morgan fingerprint density at radius 1 is 1.25 bits per heavy atom. The third kappa shape index (κ3) is 2.27. The highest BCUT2D eigenvalue weighted by Gasteiger charge is 2.21. The summed E-state index contributed by atoms with van der Waals surface area (Å²) in [6, 6.07) is 8.87. The predicted molar refractivity (Wildman–Crippen MR) is 82.8 cm³/mol. The van der Waals surface area contributed by atoms with E-state index in [2.05, 4.69) is 42.7 Å². The Balaban J connectivity index is 1.99. The monoisotopic (exact) mass is 269 g/mol. The van der Waals surface area contributed by atoms with E-state index in [1.807, 2.05) is 0 Å². The van der Waals surface area contributed by atoms with Crippen molar-refractivity contribution in [1.29, 1.82) is 0 Å². The maximum absolute atomic E-state index is 5.70. The van der Waals surface area contributed by atoms with Crippen molar-refractivity contribution in [3.8, 4) is 11.3 Å². The number of aromatic nitrogens is 2. The molecule has 106 valence electrons. The Morgan fingerprint density at radius 3 is 2.65 bits per heavy atom. The number of hydrogen-bond acceptors (Lipinski definition) is 2. The predicted octanol–water partition coefficient (Wildman–Crippen LogP) is 3.12. The smallest absolute Gasteiger partial charge is 0.110 e. The van der Waals surface area contributed by atoms with E-state index in [0.717, 1.165) is 25.2 Å². The molecule has 1 aliphatic heterocycles. The molecule has 3 rings (SSSR count). The molecule has 0 atom stereocenters. The Bertz CT molecular complexity index is 593. The summed E-state index contributed by atoms with van der Waals surface area (Å²) in [6.07, 6.45) is 3.24. The Hall–Kier alpha value is -1.61. The Labute approximate surface area is 120 Å². The van der Waals surface area contributed by atoms with Crippen LogP contribution in [-0.2, 0) is 19.4 Å². The molecule has 3 nitrogen and oxygen atoms in total. The van der Waals surface area contributed by atoms with Crippen molar-refractivity contribution in [2.75, 3.05) is 6.54 Å². The fourth-order valence-electron chi connectivity index (χ4n) is 3.04. The second kappa shape index (κ2) is 5.41. The average molecular weight is 269 g/mol. The van der Waals surface area contributed by atoms with E-state index in [1.54, 1.807) is 0 Å². The topological polar surface area (TPSA) is 43.8 Å². The van der Waals surface area contributed by atoms with Crippen molar-refractivity contribution in [3.05, 3.63) is 41.3 Å². The summed E-state index contributed by atoms with van der Waals surface area (Å²) in [4.78, 5) is 4.85. The number of benzene rings is 1. The summed E-state index contributed by atoms with van der Waals surface area (Å²) < 4.78 is 2.37. The highest BCUT2D eigenvalue weighted by molar-refractivity contribution is 5.63. The van der Waals surface area contributed by atoms with Gasteiger partial charge in [0.1, 0.15) is 5.82 Å². The van der Waals surface area contributed by atoms with E-state index in [-0.39, 0.29) is 0 Å². The fourth-order valence-corrected chi connectivity index (χ4v) is 3.04. The number of nitrogens with two attached hydrogens (primary N) is 1. The molecule has 0 amide bonds. The van der Waals surface area contributed by atoms with Crippen molar-refractivity contribution in [2.24, 2.45) is 5.73 Å². The van der Waals surface area contributed by atoms with E-state index >= 15 is 0 Å². The number of rotatable bonds is 4. The van der Waals surface area contributed by atoms with Crippen molar-refractivity contribution < 1.29 is 0 Å². The quantitative estimate of drug-likeness (QED) is 0.926.